The van der Waals surface area contributed by atoms with Gasteiger partial charge in [-0.1, -0.05) is 26.0 Å². The van der Waals surface area contributed by atoms with Crippen molar-refractivity contribution in [1.29, 1.82) is 0 Å². The van der Waals surface area contributed by atoms with Crippen molar-refractivity contribution in [3.8, 4) is 0 Å². The second kappa shape index (κ2) is 14.3. The minimum atomic E-state index is 0.750. The number of aryl methyl sites for hydroxylation is 2. The normalized spacial score (nSPS) is 8.77. The van der Waals surface area contributed by atoms with Crippen LogP contribution in [0.3, 0.4) is 0 Å². The Hall–Kier alpha value is -1.84. The number of hydrogen-bond acceptors (Lipinski definition) is 2. The van der Waals surface area contributed by atoms with E-state index in [2.05, 4.69) is 91.5 Å². The quantitative estimate of drug-likeness (QED) is 0.344. The zero-order chi connectivity index (χ0) is 19.9. The van der Waals surface area contributed by atoms with E-state index in [9.17, 15) is 0 Å². The van der Waals surface area contributed by atoms with Crippen molar-refractivity contribution >= 4 is 26.4 Å². The summed E-state index contributed by atoms with van der Waals surface area (Å²) in [6, 6.07) is 25.7. The summed E-state index contributed by atoms with van der Waals surface area (Å²) >= 11 is 1.75. The molecule has 2 nitrogen and oxygen atoms in total. The third-order valence-corrected chi connectivity index (χ3v) is 3.52. The number of hydrogen-bond donors (Lipinski definition) is 0. The topological polar surface area (TPSA) is 46.1 Å². The molecule has 0 saturated carbocycles. The second-order valence-corrected chi connectivity index (χ2v) is 5.32. The number of fused-ring (bicyclic) bond motifs is 2. The molecule has 0 amide bonds. The predicted molar refractivity (Wildman–Crippen MR) is 108 cm³/mol. The molecule has 4 aromatic rings. The molecular weight excluding hydrogens is 356 g/mol. The maximum atomic E-state index is 8.25. The van der Waals surface area contributed by atoms with Gasteiger partial charge in [0.1, 0.15) is 0 Å². The first kappa shape index (κ1) is 24.2. The third kappa shape index (κ3) is 7.59. The maximum absolute atomic E-state index is 8.25. The van der Waals surface area contributed by atoms with Crippen LogP contribution in [0.15, 0.2) is 72.8 Å². The van der Waals surface area contributed by atoms with Crippen LogP contribution in [0, 0.1) is 13.8 Å². The molecule has 0 radical (unpaired) electrons. The Kier molecular flexibility index (Phi) is 13.3. The zero-order valence-electron chi connectivity index (χ0n) is 16.0. The van der Waals surface area contributed by atoms with E-state index < -0.39 is 0 Å². The van der Waals surface area contributed by atoms with Gasteiger partial charge in [0, 0.05) is 0 Å². The second-order valence-electron chi connectivity index (χ2n) is 5.32. The van der Waals surface area contributed by atoms with Gasteiger partial charge in [-0.3, -0.25) is 0 Å². The molecule has 0 atom stereocenters. The first-order valence-corrected chi connectivity index (χ1v) is 9.24. The first-order valence-electron chi connectivity index (χ1n) is 8.13. The van der Waals surface area contributed by atoms with Crippen LogP contribution in [0.25, 0.3) is 21.5 Å². The summed E-state index contributed by atoms with van der Waals surface area (Å²) in [5, 5.41) is 21.9. The van der Waals surface area contributed by atoms with Crippen molar-refractivity contribution in [2.24, 2.45) is 0 Å². The molecule has 0 N–H and O–H groups in total. The Morgan fingerprint density at radius 2 is 0.962 bits per heavy atom. The predicted octanol–water partition coefficient (Wildman–Crippen LogP) is 3.65. The van der Waals surface area contributed by atoms with E-state index in [1.807, 2.05) is 0 Å². The molecule has 4 aromatic carbocycles. The van der Waals surface area contributed by atoms with Crippen molar-refractivity contribution in [3.63, 3.8) is 0 Å². The fourth-order valence-electron chi connectivity index (χ4n) is 2.61. The van der Waals surface area contributed by atoms with Gasteiger partial charge in [0.15, 0.2) is 0 Å². The molecule has 0 bridgehead atoms. The summed E-state index contributed by atoms with van der Waals surface area (Å²) in [6.45, 7) is 4.25. The fraction of sp³-hybridized carbons (Fsp3) is 0.174. The van der Waals surface area contributed by atoms with Gasteiger partial charge >= 0.3 is 24.8 Å². The Labute approximate surface area is 168 Å². The average molecular weight is 382 g/mol. The third-order valence-electron chi connectivity index (χ3n) is 3.52. The zero-order valence-corrected chi connectivity index (χ0v) is 17.5. The van der Waals surface area contributed by atoms with Crippen LogP contribution in [0.1, 0.15) is 11.1 Å². The summed E-state index contributed by atoms with van der Waals surface area (Å²) in [6.07, 6.45) is 0. The molecule has 0 unspecified atom stereocenters. The van der Waals surface area contributed by atoms with E-state index >= 15 is 0 Å². The van der Waals surface area contributed by atoms with Crippen LogP contribution in [0.5, 0.6) is 0 Å². The summed E-state index contributed by atoms with van der Waals surface area (Å²) in [7, 11) is 1.50. The Morgan fingerprint density at radius 3 is 1.27 bits per heavy atom. The molecule has 136 valence electrons. The van der Waals surface area contributed by atoms with Gasteiger partial charge in [-0.2, -0.15) is 26.4 Å². The number of rotatable bonds is 0. The number of benzene rings is 2. The van der Waals surface area contributed by atoms with Crippen molar-refractivity contribution in [3.05, 3.63) is 83.9 Å². The Balaban J connectivity index is 0.000000375. The molecule has 0 spiro atoms. The van der Waals surface area contributed by atoms with E-state index in [-0.39, 0.29) is 0 Å². The van der Waals surface area contributed by atoms with Gasteiger partial charge in [0.05, 0.1) is 0 Å². The van der Waals surface area contributed by atoms with Crippen LogP contribution in [0.4, 0.5) is 0 Å². The van der Waals surface area contributed by atoms with E-state index in [1.165, 1.54) is 32.7 Å². The van der Waals surface area contributed by atoms with E-state index in [0.717, 1.165) is 14.2 Å². The van der Waals surface area contributed by atoms with Crippen molar-refractivity contribution in [1.82, 2.24) is 0 Å². The fourth-order valence-corrected chi connectivity index (χ4v) is 2.61. The molecule has 4 rings (SSSR count). The minimum absolute atomic E-state index is 0.750. The SMILES string of the molecule is C[O-].C[O-].Cc1cc2ccccc2[cH-]1.Cc1cc2ccccc2[cH-]1.[CH2]=[Ti+2]. The molecule has 3 heteroatoms. The summed E-state index contributed by atoms with van der Waals surface area (Å²) < 4.78 is 0. The molecule has 0 aliphatic rings. The van der Waals surface area contributed by atoms with Crippen molar-refractivity contribution in [2.75, 3.05) is 14.2 Å². The van der Waals surface area contributed by atoms with Crippen molar-refractivity contribution < 1.29 is 30.2 Å². The van der Waals surface area contributed by atoms with Crippen molar-refractivity contribution in [2.45, 2.75) is 13.8 Å². The van der Waals surface area contributed by atoms with Crippen LogP contribution in [-0.4, -0.2) is 19.0 Å². The molecule has 0 aliphatic carbocycles. The van der Waals surface area contributed by atoms with Crippen LogP contribution < -0.4 is 10.2 Å². The molecule has 0 saturated heterocycles. The van der Waals surface area contributed by atoms with Gasteiger partial charge in [-0.15, -0.1) is 81.2 Å². The van der Waals surface area contributed by atoms with E-state index in [1.54, 1.807) is 20.0 Å². The van der Waals surface area contributed by atoms with Crippen LogP contribution in [-0.2, 0) is 20.0 Å². The molecular formula is C23H26O2Ti-2. The Morgan fingerprint density at radius 1 is 0.654 bits per heavy atom. The van der Waals surface area contributed by atoms with Gasteiger partial charge in [0.25, 0.3) is 0 Å². The summed E-state index contributed by atoms with van der Waals surface area (Å²) in [4.78, 5) is 3.25. The molecule has 0 fully saturated rings. The van der Waals surface area contributed by atoms with E-state index in [4.69, 9.17) is 10.2 Å². The summed E-state index contributed by atoms with van der Waals surface area (Å²) in [5.41, 5.74) is 2.70. The van der Waals surface area contributed by atoms with Crippen LogP contribution >= 0.6 is 0 Å². The van der Waals surface area contributed by atoms with Gasteiger partial charge in [-0.05, 0) is 0 Å². The Bertz CT molecular complexity index is 721. The first-order chi connectivity index (χ1) is 12.7. The van der Waals surface area contributed by atoms with Gasteiger partial charge in [-0.25, -0.2) is 0 Å². The molecule has 0 aliphatic heterocycles. The standard InChI is InChI=1S/2C10H9.2CH3O.CH2.Ti/c2*1-8-6-9-4-2-3-5-10(9)7-8;2*1-2;;/h2*2-7H,1H3;2*1H3;1H2;/q4*-1;;+2. The van der Waals surface area contributed by atoms with E-state index in [0.29, 0.717) is 0 Å². The molecule has 0 heterocycles. The average Bonchev–Trinajstić information content (AvgIpc) is 3.27. The van der Waals surface area contributed by atoms with Crippen LogP contribution in [0.2, 0.25) is 0 Å². The van der Waals surface area contributed by atoms with Gasteiger partial charge in [0.2, 0.25) is 0 Å². The van der Waals surface area contributed by atoms with Gasteiger partial charge < -0.3 is 10.2 Å². The summed E-state index contributed by atoms with van der Waals surface area (Å²) in [5.74, 6) is 0. The molecule has 0 aromatic heterocycles. The monoisotopic (exact) mass is 382 g/mol. The molecule has 26 heavy (non-hydrogen) atoms.